The molecule has 0 unspecified atom stereocenters. The Bertz CT molecular complexity index is 215. The first-order chi connectivity index (χ1) is 6.09. The Morgan fingerprint density at radius 1 is 1.38 bits per heavy atom. The average molecular weight is 186 g/mol. The van der Waals surface area contributed by atoms with Crippen molar-refractivity contribution in [2.45, 2.75) is 32.6 Å². The standard InChI is InChI=1S/C10H15FO2/c1-7-2-4-8(5-3-7)6-9(11)10(12)13/h6-8H,2-5H2,1H3,(H,12,13). The molecule has 2 nitrogen and oxygen atoms in total. The molecule has 0 aromatic carbocycles. The van der Waals surface area contributed by atoms with Crippen LogP contribution in [-0.4, -0.2) is 11.1 Å². The van der Waals surface area contributed by atoms with Gasteiger partial charge in [0.1, 0.15) is 0 Å². The van der Waals surface area contributed by atoms with Gasteiger partial charge in [-0.2, -0.15) is 4.39 Å². The van der Waals surface area contributed by atoms with Crippen LogP contribution in [-0.2, 0) is 4.79 Å². The molecule has 74 valence electrons. The summed E-state index contributed by atoms with van der Waals surface area (Å²) >= 11 is 0. The molecule has 0 bridgehead atoms. The Labute approximate surface area is 77.4 Å². The first kappa shape index (κ1) is 10.2. The summed E-state index contributed by atoms with van der Waals surface area (Å²) in [5, 5.41) is 8.32. The summed E-state index contributed by atoms with van der Waals surface area (Å²) in [7, 11) is 0. The zero-order valence-corrected chi connectivity index (χ0v) is 7.79. The molecule has 1 rings (SSSR count). The molecule has 13 heavy (non-hydrogen) atoms. The maximum absolute atomic E-state index is 12.7. The monoisotopic (exact) mass is 186 g/mol. The van der Waals surface area contributed by atoms with E-state index in [4.69, 9.17) is 5.11 Å². The van der Waals surface area contributed by atoms with E-state index in [0.717, 1.165) is 25.7 Å². The SMILES string of the molecule is CC1CCC(C=C(F)C(=O)O)CC1. The summed E-state index contributed by atoms with van der Waals surface area (Å²) in [5.74, 6) is -1.61. The lowest BCUT2D eigenvalue weighted by atomic mass is 9.83. The minimum Gasteiger partial charge on any atom is -0.476 e. The minimum absolute atomic E-state index is 0.132. The topological polar surface area (TPSA) is 37.3 Å². The van der Waals surface area contributed by atoms with Gasteiger partial charge in [0.15, 0.2) is 0 Å². The molecule has 3 heteroatoms. The second-order valence-electron chi connectivity index (χ2n) is 3.84. The zero-order valence-electron chi connectivity index (χ0n) is 7.79. The molecule has 0 spiro atoms. The Morgan fingerprint density at radius 2 is 1.92 bits per heavy atom. The van der Waals surface area contributed by atoms with Crippen LogP contribution in [0.1, 0.15) is 32.6 Å². The van der Waals surface area contributed by atoms with E-state index in [1.165, 1.54) is 6.08 Å². The summed E-state index contributed by atoms with van der Waals surface area (Å²) in [6, 6.07) is 0. The zero-order chi connectivity index (χ0) is 9.84. The Balaban J connectivity index is 2.46. The molecule has 0 heterocycles. The highest BCUT2D eigenvalue weighted by Crippen LogP contribution is 2.29. The third-order valence-electron chi connectivity index (χ3n) is 2.65. The van der Waals surface area contributed by atoms with Gasteiger partial charge >= 0.3 is 5.97 Å². The lowest BCUT2D eigenvalue weighted by molar-refractivity contribution is -0.134. The van der Waals surface area contributed by atoms with E-state index in [9.17, 15) is 9.18 Å². The highest BCUT2D eigenvalue weighted by atomic mass is 19.1. The summed E-state index contributed by atoms with van der Waals surface area (Å²) in [6.07, 6.45) is 5.25. The van der Waals surface area contributed by atoms with E-state index in [-0.39, 0.29) is 5.92 Å². The predicted molar refractivity (Wildman–Crippen MR) is 47.9 cm³/mol. The first-order valence-corrected chi connectivity index (χ1v) is 4.70. The van der Waals surface area contributed by atoms with Crippen LogP contribution in [0.5, 0.6) is 0 Å². The van der Waals surface area contributed by atoms with Gasteiger partial charge in [-0.1, -0.05) is 19.8 Å². The van der Waals surface area contributed by atoms with Crippen molar-refractivity contribution in [3.8, 4) is 0 Å². The molecule has 1 saturated carbocycles. The smallest absolute Gasteiger partial charge is 0.364 e. The van der Waals surface area contributed by atoms with Gasteiger partial charge < -0.3 is 5.11 Å². The third-order valence-corrected chi connectivity index (χ3v) is 2.65. The molecule has 0 aromatic rings. The Morgan fingerprint density at radius 3 is 2.38 bits per heavy atom. The third kappa shape index (κ3) is 3.17. The number of allylic oxidation sites excluding steroid dienone is 1. The number of hydrogen-bond donors (Lipinski definition) is 1. The number of carboxylic acid groups (broad SMARTS) is 1. The molecule has 1 aliphatic rings. The molecule has 0 amide bonds. The fraction of sp³-hybridized carbons (Fsp3) is 0.700. The maximum atomic E-state index is 12.7. The quantitative estimate of drug-likeness (QED) is 0.673. The summed E-state index contributed by atoms with van der Waals surface area (Å²) in [4.78, 5) is 10.2. The van der Waals surface area contributed by atoms with E-state index in [0.29, 0.717) is 5.92 Å². The van der Waals surface area contributed by atoms with Crippen LogP contribution in [0.2, 0.25) is 0 Å². The Hall–Kier alpha value is -0.860. The van der Waals surface area contributed by atoms with E-state index in [1.54, 1.807) is 0 Å². The van der Waals surface area contributed by atoms with Crippen molar-refractivity contribution in [3.05, 3.63) is 11.9 Å². The predicted octanol–water partition coefficient (Wildman–Crippen LogP) is 2.75. The summed E-state index contributed by atoms with van der Waals surface area (Å²) < 4.78 is 12.7. The van der Waals surface area contributed by atoms with Crippen molar-refractivity contribution >= 4 is 5.97 Å². The second kappa shape index (κ2) is 4.40. The highest BCUT2D eigenvalue weighted by molar-refractivity contribution is 5.83. The van der Waals surface area contributed by atoms with Crippen LogP contribution in [0.3, 0.4) is 0 Å². The van der Waals surface area contributed by atoms with E-state index in [1.807, 2.05) is 0 Å². The van der Waals surface area contributed by atoms with Crippen molar-refractivity contribution in [1.82, 2.24) is 0 Å². The van der Waals surface area contributed by atoms with E-state index >= 15 is 0 Å². The largest absolute Gasteiger partial charge is 0.476 e. The highest BCUT2D eigenvalue weighted by Gasteiger charge is 2.18. The van der Waals surface area contributed by atoms with Crippen molar-refractivity contribution < 1.29 is 14.3 Å². The molecule has 1 N–H and O–H groups in total. The number of aliphatic carboxylic acids is 1. The lowest BCUT2D eigenvalue weighted by Crippen LogP contribution is -2.11. The Kier molecular flexibility index (Phi) is 3.46. The van der Waals surface area contributed by atoms with Gasteiger partial charge in [-0.3, -0.25) is 0 Å². The molecular formula is C10H15FO2. The fourth-order valence-corrected chi connectivity index (χ4v) is 1.73. The number of carbonyl (C=O) groups is 1. The van der Waals surface area contributed by atoms with Crippen LogP contribution >= 0.6 is 0 Å². The van der Waals surface area contributed by atoms with Crippen LogP contribution in [0, 0.1) is 11.8 Å². The summed E-state index contributed by atoms with van der Waals surface area (Å²) in [6.45, 7) is 2.17. The lowest BCUT2D eigenvalue weighted by Gasteiger charge is -2.23. The van der Waals surface area contributed by atoms with Crippen molar-refractivity contribution in [2.24, 2.45) is 11.8 Å². The molecule has 0 aromatic heterocycles. The van der Waals surface area contributed by atoms with Crippen LogP contribution < -0.4 is 0 Å². The van der Waals surface area contributed by atoms with Gasteiger partial charge in [0.25, 0.3) is 0 Å². The van der Waals surface area contributed by atoms with Crippen LogP contribution in [0.4, 0.5) is 4.39 Å². The van der Waals surface area contributed by atoms with Crippen LogP contribution in [0.15, 0.2) is 11.9 Å². The van der Waals surface area contributed by atoms with Gasteiger partial charge in [-0.25, -0.2) is 4.79 Å². The van der Waals surface area contributed by atoms with E-state index < -0.39 is 11.8 Å². The number of carboxylic acids is 1. The molecule has 0 radical (unpaired) electrons. The van der Waals surface area contributed by atoms with Gasteiger partial charge in [-0.05, 0) is 30.8 Å². The molecule has 0 aliphatic heterocycles. The molecule has 0 atom stereocenters. The van der Waals surface area contributed by atoms with Gasteiger partial charge in [0.05, 0.1) is 0 Å². The van der Waals surface area contributed by atoms with Gasteiger partial charge in [0, 0.05) is 0 Å². The van der Waals surface area contributed by atoms with Crippen LogP contribution in [0.25, 0.3) is 0 Å². The summed E-state index contributed by atoms with van der Waals surface area (Å²) in [5.41, 5.74) is 0. The maximum Gasteiger partial charge on any atom is 0.364 e. The number of halogens is 1. The molecule has 0 saturated heterocycles. The molecule has 1 fully saturated rings. The normalized spacial score (nSPS) is 30.2. The molecule has 1 aliphatic carbocycles. The van der Waals surface area contributed by atoms with Gasteiger partial charge in [0.2, 0.25) is 5.83 Å². The number of hydrogen-bond acceptors (Lipinski definition) is 1. The first-order valence-electron chi connectivity index (χ1n) is 4.70. The second-order valence-corrected chi connectivity index (χ2v) is 3.84. The van der Waals surface area contributed by atoms with Crippen molar-refractivity contribution in [1.29, 1.82) is 0 Å². The molecular weight excluding hydrogens is 171 g/mol. The number of rotatable bonds is 2. The van der Waals surface area contributed by atoms with Crippen molar-refractivity contribution in [2.75, 3.05) is 0 Å². The minimum atomic E-state index is -1.45. The average Bonchev–Trinajstić information content (AvgIpc) is 2.08. The fourth-order valence-electron chi connectivity index (χ4n) is 1.73. The van der Waals surface area contributed by atoms with Crippen molar-refractivity contribution in [3.63, 3.8) is 0 Å². The van der Waals surface area contributed by atoms with Gasteiger partial charge in [-0.15, -0.1) is 0 Å². The van der Waals surface area contributed by atoms with E-state index in [2.05, 4.69) is 6.92 Å².